The van der Waals surface area contributed by atoms with Crippen molar-refractivity contribution >= 4 is 29.4 Å². The molecule has 0 aliphatic carbocycles. The number of nitrogens with zero attached hydrogens (tertiary/aromatic N) is 2. The summed E-state index contributed by atoms with van der Waals surface area (Å²) < 4.78 is 0. The fraction of sp³-hybridized carbons (Fsp3) is 0.286. The molecule has 28 heavy (non-hydrogen) atoms. The van der Waals surface area contributed by atoms with Crippen LogP contribution in [-0.2, 0) is 5.88 Å². The highest BCUT2D eigenvalue weighted by atomic mass is 35.5. The first-order valence-corrected chi connectivity index (χ1v) is 9.21. The molecular formula is C21H23ClN2O4. The Morgan fingerprint density at radius 3 is 1.93 bits per heavy atom. The number of aromatic carboxylic acids is 1. The zero-order valence-electron chi connectivity index (χ0n) is 16.3. The third-order valence-electron chi connectivity index (χ3n) is 4.16. The van der Waals surface area contributed by atoms with E-state index in [1.165, 1.54) is 29.2 Å². The molecule has 148 valence electrons. The molecule has 7 heteroatoms. The average molecular weight is 403 g/mol. The van der Waals surface area contributed by atoms with Gasteiger partial charge in [0.05, 0.1) is 16.7 Å². The van der Waals surface area contributed by atoms with Crippen LogP contribution in [-0.4, -0.2) is 45.5 Å². The number of alkyl halides is 1. The fourth-order valence-electron chi connectivity index (χ4n) is 2.88. The van der Waals surface area contributed by atoms with Crippen molar-refractivity contribution in [1.29, 1.82) is 0 Å². The lowest BCUT2D eigenvalue weighted by Gasteiger charge is -2.41. The molecule has 0 fully saturated rings. The largest absolute Gasteiger partial charge is 0.478 e. The molecule has 0 saturated heterocycles. The van der Waals surface area contributed by atoms with Crippen LogP contribution in [0.2, 0.25) is 0 Å². The van der Waals surface area contributed by atoms with Gasteiger partial charge in [0.25, 0.3) is 11.8 Å². The highest BCUT2D eigenvalue weighted by Crippen LogP contribution is 2.23. The van der Waals surface area contributed by atoms with E-state index in [2.05, 4.69) is 0 Å². The summed E-state index contributed by atoms with van der Waals surface area (Å²) in [7, 11) is 1.49. The Labute approximate surface area is 169 Å². The Kier molecular flexibility index (Phi) is 6.46. The topological polar surface area (TPSA) is 77.9 Å². The van der Waals surface area contributed by atoms with Crippen molar-refractivity contribution in [2.24, 2.45) is 0 Å². The summed E-state index contributed by atoms with van der Waals surface area (Å²) in [5, 5.41) is 11.9. The normalized spacial score (nSPS) is 11.0. The van der Waals surface area contributed by atoms with Gasteiger partial charge in [-0.1, -0.05) is 24.3 Å². The molecule has 0 aliphatic rings. The first kappa shape index (κ1) is 21.4. The zero-order chi connectivity index (χ0) is 21.1. The lowest BCUT2D eigenvalue weighted by molar-refractivity contribution is -0.0309. The van der Waals surface area contributed by atoms with E-state index < -0.39 is 23.3 Å². The maximum absolute atomic E-state index is 13.2. The molecule has 2 aromatic carbocycles. The minimum atomic E-state index is -1.21. The SMILES string of the molecule is CN(C(=O)c1ccc(CCl)cc1)N(C(=O)c1ccccc1C(=O)O)C(C)(C)C. The Bertz CT molecular complexity index is 888. The molecule has 0 heterocycles. The van der Waals surface area contributed by atoms with Crippen molar-refractivity contribution in [1.82, 2.24) is 10.0 Å². The Hall–Kier alpha value is -2.86. The molecule has 2 aromatic rings. The molecule has 0 radical (unpaired) electrons. The highest BCUT2D eigenvalue weighted by molar-refractivity contribution is 6.17. The van der Waals surface area contributed by atoms with Crippen molar-refractivity contribution in [3.8, 4) is 0 Å². The van der Waals surface area contributed by atoms with E-state index in [1.54, 1.807) is 57.2 Å². The van der Waals surface area contributed by atoms with Crippen molar-refractivity contribution in [2.45, 2.75) is 32.2 Å². The van der Waals surface area contributed by atoms with E-state index in [1.807, 2.05) is 0 Å². The summed E-state index contributed by atoms with van der Waals surface area (Å²) in [5.74, 6) is -1.83. The maximum atomic E-state index is 13.2. The molecule has 2 rings (SSSR count). The Balaban J connectivity index is 2.44. The number of carbonyl (C=O) groups excluding carboxylic acids is 2. The summed E-state index contributed by atoms with van der Waals surface area (Å²) in [6.45, 7) is 5.32. The van der Waals surface area contributed by atoms with Gasteiger partial charge in [-0.25, -0.2) is 14.8 Å². The molecule has 0 unspecified atom stereocenters. The summed E-state index contributed by atoms with van der Waals surface area (Å²) in [5.41, 5.74) is 0.393. The van der Waals surface area contributed by atoms with Gasteiger partial charge in [0.1, 0.15) is 0 Å². The van der Waals surface area contributed by atoms with Gasteiger partial charge < -0.3 is 5.11 Å². The lowest BCUT2D eigenvalue weighted by Crippen LogP contribution is -2.56. The molecule has 0 atom stereocenters. The first-order chi connectivity index (χ1) is 13.1. The van der Waals surface area contributed by atoms with Crippen LogP contribution in [0.25, 0.3) is 0 Å². The van der Waals surface area contributed by atoms with Crippen molar-refractivity contribution in [3.05, 3.63) is 70.8 Å². The molecule has 0 spiro atoms. The average Bonchev–Trinajstić information content (AvgIpc) is 2.66. The van der Waals surface area contributed by atoms with E-state index in [0.29, 0.717) is 11.4 Å². The summed E-state index contributed by atoms with van der Waals surface area (Å²) >= 11 is 5.79. The van der Waals surface area contributed by atoms with E-state index >= 15 is 0 Å². The second-order valence-corrected chi connectivity index (χ2v) is 7.57. The number of hydrogen-bond acceptors (Lipinski definition) is 3. The zero-order valence-corrected chi connectivity index (χ0v) is 17.0. The van der Waals surface area contributed by atoms with Gasteiger partial charge in [-0.05, 0) is 50.6 Å². The standard InChI is InChI=1S/C21H23ClN2O4/c1-21(2,3)24(19(26)16-7-5-6-8-17(16)20(27)28)23(4)18(25)15-11-9-14(13-22)10-12-15/h5-12H,13H2,1-4H3,(H,27,28). The van der Waals surface area contributed by atoms with Crippen LogP contribution in [0.5, 0.6) is 0 Å². The number of carbonyl (C=O) groups is 3. The quantitative estimate of drug-likeness (QED) is 0.618. The van der Waals surface area contributed by atoms with Gasteiger partial charge in [-0.2, -0.15) is 0 Å². The minimum absolute atomic E-state index is 0.0158. The fourth-order valence-corrected chi connectivity index (χ4v) is 3.05. The van der Waals surface area contributed by atoms with Crippen LogP contribution >= 0.6 is 11.6 Å². The second kappa shape index (κ2) is 8.44. The van der Waals surface area contributed by atoms with Crippen molar-refractivity contribution in [3.63, 3.8) is 0 Å². The molecule has 0 aliphatic heterocycles. The van der Waals surface area contributed by atoms with Gasteiger partial charge in [0, 0.05) is 18.5 Å². The second-order valence-electron chi connectivity index (χ2n) is 7.30. The number of rotatable bonds is 4. The van der Waals surface area contributed by atoms with Crippen LogP contribution in [0, 0.1) is 0 Å². The monoisotopic (exact) mass is 402 g/mol. The van der Waals surface area contributed by atoms with E-state index in [0.717, 1.165) is 5.56 Å². The number of benzene rings is 2. The Morgan fingerprint density at radius 1 is 0.929 bits per heavy atom. The summed E-state index contributed by atoms with van der Waals surface area (Å²) in [4.78, 5) is 37.7. The molecule has 6 nitrogen and oxygen atoms in total. The van der Waals surface area contributed by atoms with Crippen LogP contribution in [0.15, 0.2) is 48.5 Å². The minimum Gasteiger partial charge on any atom is -0.478 e. The van der Waals surface area contributed by atoms with E-state index in [-0.39, 0.29) is 11.1 Å². The molecule has 0 saturated carbocycles. The van der Waals surface area contributed by atoms with Gasteiger partial charge in [-0.3, -0.25) is 9.59 Å². The van der Waals surface area contributed by atoms with Crippen LogP contribution in [0.3, 0.4) is 0 Å². The number of halogens is 1. The number of amides is 2. The predicted molar refractivity (Wildman–Crippen MR) is 107 cm³/mol. The molecule has 0 bridgehead atoms. The Morgan fingerprint density at radius 2 is 1.46 bits per heavy atom. The van der Waals surface area contributed by atoms with Gasteiger partial charge in [0.2, 0.25) is 0 Å². The van der Waals surface area contributed by atoms with Crippen molar-refractivity contribution in [2.75, 3.05) is 7.05 Å². The lowest BCUT2D eigenvalue weighted by atomic mass is 10.0. The van der Waals surface area contributed by atoms with Crippen molar-refractivity contribution < 1.29 is 19.5 Å². The van der Waals surface area contributed by atoms with Crippen LogP contribution in [0.1, 0.15) is 57.4 Å². The molecule has 0 aromatic heterocycles. The molecule has 2 amide bonds. The van der Waals surface area contributed by atoms with E-state index in [4.69, 9.17) is 11.6 Å². The number of carboxylic acid groups (broad SMARTS) is 1. The summed E-state index contributed by atoms with van der Waals surface area (Å²) in [6.07, 6.45) is 0. The van der Waals surface area contributed by atoms with Gasteiger partial charge >= 0.3 is 5.97 Å². The first-order valence-electron chi connectivity index (χ1n) is 8.67. The third-order valence-corrected chi connectivity index (χ3v) is 4.47. The predicted octanol–water partition coefficient (Wildman–Crippen LogP) is 4.05. The molecule has 1 N–H and O–H groups in total. The maximum Gasteiger partial charge on any atom is 0.336 e. The van der Waals surface area contributed by atoms with E-state index in [9.17, 15) is 19.5 Å². The third kappa shape index (κ3) is 4.51. The number of hydrazine groups is 1. The van der Waals surface area contributed by atoms with Gasteiger partial charge in [-0.15, -0.1) is 11.6 Å². The highest BCUT2D eigenvalue weighted by Gasteiger charge is 2.35. The summed E-state index contributed by atoms with van der Waals surface area (Å²) in [6, 6.07) is 12.7. The number of hydrogen-bond donors (Lipinski definition) is 1. The van der Waals surface area contributed by atoms with Crippen LogP contribution in [0.4, 0.5) is 0 Å². The smallest absolute Gasteiger partial charge is 0.336 e. The van der Waals surface area contributed by atoms with Crippen LogP contribution < -0.4 is 0 Å². The molecular weight excluding hydrogens is 380 g/mol. The number of carboxylic acids is 1. The van der Waals surface area contributed by atoms with Gasteiger partial charge in [0.15, 0.2) is 0 Å².